The summed E-state index contributed by atoms with van der Waals surface area (Å²) < 4.78 is 13.0. The Morgan fingerprint density at radius 3 is 2.69 bits per heavy atom. The number of carbonyl (C=O) groups excluding carboxylic acids is 1. The van der Waals surface area contributed by atoms with Gasteiger partial charge >= 0.3 is 12.0 Å². The maximum Gasteiger partial charge on any atom is 0.338 e. The summed E-state index contributed by atoms with van der Waals surface area (Å²) in [5.74, 6) is -2.22. The van der Waals surface area contributed by atoms with Crippen molar-refractivity contribution in [1.29, 1.82) is 0 Å². The monoisotopic (exact) mass is 226 g/mol. The van der Waals surface area contributed by atoms with Crippen LogP contribution in [0.1, 0.15) is 17.3 Å². The quantitative estimate of drug-likeness (QED) is 0.733. The smallest absolute Gasteiger partial charge is 0.338 e. The van der Waals surface area contributed by atoms with Crippen LogP contribution in [-0.2, 0) is 0 Å². The second-order valence-corrected chi connectivity index (χ2v) is 2.98. The number of urea groups is 1. The Kier molecular flexibility index (Phi) is 3.82. The molecule has 0 spiro atoms. The van der Waals surface area contributed by atoms with E-state index in [9.17, 15) is 14.0 Å². The van der Waals surface area contributed by atoms with Gasteiger partial charge in [-0.1, -0.05) is 0 Å². The lowest BCUT2D eigenvalue weighted by Crippen LogP contribution is -2.28. The van der Waals surface area contributed by atoms with Crippen molar-refractivity contribution in [3.63, 3.8) is 0 Å². The van der Waals surface area contributed by atoms with Gasteiger partial charge in [-0.15, -0.1) is 0 Å². The number of benzene rings is 1. The molecule has 0 unspecified atom stereocenters. The summed E-state index contributed by atoms with van der Waals surface area (Å²) in [4.78, 5) is 21.7. The van der Waals surface area contributed by atoms with Crippen LogP contribution in [0.2, 0.25) is 0 Å². The lowest BCUT2D eigenvalue weighted by Gasteiger charge is -2.06. The van der Waals surface area contributed by atoms with Gasteiger partial charge in [0.1, 0.15) is 5.82 Å². The Morgan fingerprint density at radius 2 is 2.12 bits per heavy atom. The number of anilines is 1. The van der Waals surface area contributed by atoms with Gasteiger partial charge in [0.15, 0.2) is 0 Å². The first-order valence-electron chi connectivity index (χ1n) is 4.62. The number of carboxylic acids is 1. The number of nitrogens with one attached hydrogen (secondary N) is 2. The molecular weight excluding hydrogens is 215 g/mol. The largest absolute Gasteiger partial charge is 0.478 e. The Balaban J connectivity index is 2.87. The molecule has 5 nitrogen and oxygen atoms in total. The number of rotatable bonds is 3. The predicted molar refractivity (Wildman–Crippen MR) is 56.1 cm³/mol. The van der Waals surface area contributed by atoms with Gasteiger partial charge < -0.3 is 15.7 Å². The molecule has 0 aliphatic carbocycles. The number of amides is 2. The van der Waals surface area contributed by atoms with E-state index in [1.165, 1.54) is 6.07 Å². The molecule has 0 aliphatic heterocycles. The van der Waals surface area contributed by atoms with E-state index in [1.807, 2.05) is 0 Å². The molecule has 3 N–H and O–H groups in total. The van der Waals surface area contributed by atoms with Crippen LogP contribution < -0.4 is 10.6 Å². The third kappa shape index (κ3) is 2.94. The van der Waals surface area contributed by atoms with E-state index in [0.29, 0.717) is 6.54 Å². The molecule has 2 amide bonds. The minimum Gasteiger partial charge on any atom is -0.478 e. The highest BCUT2D eigenvalue weighted by molar-refractivity contribution is 5.93. The van der Waals surface area contributed by atoms with Gasteiger partial charge in [-0.2, -0.15) is 0 Å². The first-order valence-corrected chi connectivity index (χ1v) is 4.62. The van der Waals surface area contributed by atoms with Gasteiger partial charge in [-0.3, -0.25) is 0 Å². The highest BCUT2D eigenvalue weighted by Gasteiger charge is 2.11. The van der Waals surface area contributed by atoms with Crippen molar-refractivity contribution in [2.45, 2.75) is 6.92 Å². The number of carboxylic acid groups (broad SMARTS) is 1. The van der Waals surface area contributed by atoms with Crippen molar-refractivity contribution >= 4 is 17.7 Å². The fourth-order valence-electron chi connectivity index (χ4n) is 1.10. The Labute approximate surface area is 91.3 Å². The summed E-state index contributed by atoms with van der Waals surface area (Å²) in [6.07, 6.45) is 0. The molecule has 1 aromatic carbocycles. The van der Waals surface area contributed by atoms with E-state index in [2.05, 4.69) is 10.6 Å². The molecule has 6 heteroatoms. The summed E-state index contributed by atoms with van der Waals surface area (Å²) in [6, 6.07) is 2.88. The molecule has 86 valence electrons. The Morgan fingerprint density at radius 1 is 1.44 bits per heavy atom. The highest BCUT2D eigenvalue weighted by Crippen LogP contribution is 2.14. The first-order chi connectivity index (χ1) is 7.54. The topological polar surface area (TPSA) is 78.4 Å². The van der Waals surface area contributed by atoms with Gasteiger partial charge in [0.05, 0.1) is 5.56 Å². The molecule has 0 saturated heterocycles. The van der Waals surface area contributed by atoms with E-state index in [1.54, 1.807) is 6.92 Å². The maximum absolute atomic E-state index is 13.0. The summed E-state index contributed by atoms with van der Waals surface area (Å²) >= 11 is 0. The average Bonchev–Trinajstić information content (AvgIpc) is 2.21. The molecule has 0 bridgehead atoms. The van der Waals surface area contributed by atoms with Crippen molar-refractivity contribution in [3.05, 3.63) is 29.6 Å². The van der Waals surface area contributed by atoms with Crippen molar-refractivity contribution in [2.24, 2.45) is 0 Å². The zero-order chi connectivity index (χ0) is 12.1. The van der Waals surface area contributed by atoms with Gasteiger partial charge in [0.2, 0.25) is 0 Å². The van der Waals surface area contributed by atoms with Crippen molar-refractivity contribution in [1.82, 2.24) is 5.32 Å². The number of carbonyl (C=O) groups is 2. The normalized spacial score (nSPS) is 9.62. The summed E-state index contributed by atoms with van der Waals surface area (Å²) in [6.45, 7) is 2.19. The van der Waals surface area contributed by atoms with Crippen molar-refractivity contribution < 1.29 is 19.1 Å². The third-order valence-electron chi connectivity index (χ3n) is 1.79. The minimum atomic E-state index is -1.38. The molecule has 0 saturated carbocycles. The number of hydrogen-bond acceptors (Lipinski definition) is 2. The van der Waals surface area contributed by atoms with Crippen LogP contribution in [0, 0.1) is 5.82 Å². The van der Waals surface area contributed by atoms with E-state index in [4.69, 9.17) is 5.11 Å². The zero-order valence-electron chi connectivity index (χ0n) is 8.58. The maximum atomic E-state index is 13.0. The minimum absolute atomic E-state index is 0.227. The number of aromatic carboxylic acids is 1. The molecule has 0 heterocycles. The molecular formula is C10H11FN2O3. The number of hydrogen-bond donors (Lipinski definition) is 3. The molecule has 0 fully saturated rings. The second-order valence-electron chi connectivity index (χ2n) is 2.98. The zero-order valence-corrected chi connectivity index (χ0v) is 8.58. The van der Waals surface area contributed by atoms with Crippen LogP contribution in [0.5, 0.6) is 0 Å². The standard InChI is InChI=1S/C10H11FN2O3/c1-2-12-10(16)13-6-3-4-8(11)7(5-6)9(14)15/h3-5H,2H2,1H3,(H,14,15)(H2,12,13,16). The van der Waals surface area contributed by atoms with E-state index in [-0.39, 0.29) is 5.69 Å². The SMILES string of the molecule is CCNC(=O)Nc1ccc(F)c(C(=O)O)c1. The van der Waals surface area contributed by atoms with Crippen molar-refractivity contribution in [3.8, 4) is 0 Å². The molecule has 0 aromatic heterocycles. The van der Waals surface area contributed by atoms with E-state index >= 15 is 0 Å². The first kappa shape index (κ1) is 12.0. The summed E-state index contributed by atoms with van der Waals surface area (Å²) in [7, 11) is 0. The van der Waals surface area contributed by atoms with Gasteiger partial charge in [0, 0.05) is 12.2 Å². The summed E-state index contributed by atoms with van der Waals surface area (Å²) in [5.41, 5.74) is -0.251. The predicted octanol–water partition coefficient (Wildman–Crippen LogP) is 1.67. The molecule has 1 rings (SSSR count). The van der Waals surface area contributed by atoms with Crippen LogP contribution >= 0.6 is 0 Å². The van der Waals surface area contributed by atoms with E-state index < -0.39 is 23.4 Å². The molecule has 1 aromatic rings. The van der Waals surface area contributed by atoms with Crippen LogP contribution in [0.4, 0.5) is 14.9 Å². The molecule has 0 atom stereocenters. The van der Waals surface area contributed by atoms with Crippen molar-refractivity contribution in [2.75, 3.05) is 11.9 Å². The molecule has 0 radical (unpaired) electrons. The number of halogens is 1. The Bertz CT molecular complexity index is 421. The lowest BCUT2D eigenvalue weighted by molar-refractivity contribution is 0.0692. The second kappa shape index (κ2) is 5.11. The summed E-state index contributed by atoms with van der Waals surface area (Å²) in [5, 5.41) is 13.5. The molecule has 16 heavy (non-hydrogen) atoms. The van der Waals surface area contributed by atoms with Gasteiger partial charge in [0.25, 0.3) is 0 Å². The highest BCUT2D eigenvalue weighted by atomic mass is 19.1. The Hall–Kier alpha value is -2.11. The fourth-order valence-corrected chi connectivity index (χ4v) is 1.10. The van der Waals surface area contributed by atoms with Crippen LogP contribution in [0.25, 0.3) is 0 Å². The fraction of sp³-hybridized carbons (Fsp3) is 0.200. The van der Waals surface area contributed by atoms with Gasteiger partial charge in [-0.25, -0.2) is 14.0 Å². The average molecular weight is 226 g/mol. The van der Waals surface area contributed by atoms with Crippen LogP contribution in [0.3, 0.4) is 0 Å². The third-order valence-corrected chi connectivity index (χ3v) is 1.79. The lowest BCUT2D eigenvalue weighted by atomic mass is 10.2. The van der Waals surface area contributed by atoms with Crippen LogP contribution in [-0.4, -0.2) is 23.7 Å². The van der Waals surface area contributed by atoms with E-state index in [0.717, 1.165) is 12.1 Å². The van der Waals surface area contributed by atoms with Crippen LogP contribution in [0.15, 0.2) is 18.2 Å². The van der Waals surface area contributed by atoms with Gasteiger partial charge in [-0.05, 0) is 25.1 Å². The molecule has 0 aliphatic rings.